The molecule has 0 radical (unpaired) electrons. The van der Waals surface area contributed by atoms with E-state index in [0.717, 1.165) is 9.13 Å². The first-order valence-corrected chi connectivity index (χ1v) is 7.96. The lowest BCUT2D eigenvalue weighted by Gasteiger charge is -2.23. The number of phenols is 1. The van der Waals surface area contributed by atoms with Crippen molar-refractivity contribution >= 4 is 45.8 Å². The van der Waals surface area contributed by atoms with Gasteiger partial charge in [-0.15, -0.1) is 0 Å². The average molecular weight is 416 g/mol. The summed E-state index contributed by atoms with van der Waals surface area (Å²) in [5, 5.41) is 10.2. The minimum Gasteiger partial charge on any atom is -0.508 e. The van der Waals surface area contributed by atoms with Gasteiger partial charge in [0.1, 0.15) is 5.75 Å². The van der Waals surface area contributed by atoms with Gasteiger partial charge in [-0.3, -0.25) is 4.79 Å². The van der Waals surface area contributed by atoms with Gasteiger partial charge in [-0.05, 0) is 66.3 Å². The molecule has 0 aliphatic heterocycles. The van der Waals surface area contributed by atoms with E-state index >= 15 is 0 Å². The van der Waals surface area contributed by atoms with Crippen LogP contribution in [0.1, 0.15) is 22.8 Å². The van der Waals surface area contributed by atoms with Crippen LogP contribution in [-0.4, -0.2) is 17.6 Å². The summed E-state index contributed by atoms with van der Waals surface area (Å²) in [6, 6.07) is 10.3. The second kappa shape index (κ2) is 6.66. The minimum atomic E-state index is -0.135. The van der Waals surface area contributed by atoms with Crippen LogP contribution >= 0.6 is 34.2 Å². The summed E-state index contributed by atoms with van der Waals surface area (Å²) in [7, 11) is 0. The molecule has 2 rings (SSSR count). The van der Waals surface area contributed by atoms with Gasteiger partial charge in [0.2, 0.25) is 0 Å². The number of aromatic hydroxyl groups is 1. The lowest BCUT2D eigenvalue weighted by molar-refractivity contribution is 0.0988. The highest BCUT2D eigenvalue weighted by molar-refractivity contribution is 14.1. The topological polar surface area (TPSA) is 40.5 Å². The number of hydrogen-bond acceptors (Lipinski definition) is 2. The van der Waals surface area contributed by atoms with E-state index in [-0.39, 0.29) is 11.7 Å². The first-order chi connectivity index (χ1) is 9.93. The fourth-order valence-corrected chi connectivity index (χ4v) is 2.61. The highest BCUT2D eigenvalue weighted by Gasteiger charge is 2.19. The van der Waals surface area contributed by atoms with Crippen LogP contribution in [-0.2, 0) is 0 Å². The Morgan fingerprint density at radius 2 is 2.00 bits per heavy atom. The van der Waals surface area contributed by atoms with Crippen molar-refractivity contribution < 1.29 is 9.90 Å². The van der Waals surface area contributed by atoms with E-state index in [1.54, 1.807) is 35.2 Å². The van der Waals surface area contributed by atoms with Crippen LogP contribution in [0.15, 0.2) is 36.4 Å². The van der Waals surface area contributed by atoms with Crippen LogP contribution in [0.5, 0.6) is 5.75 Å². The summed E-state index contributed by atoms with van der Waals surface area (Å²) in [6.45, 7) is 4.31. The lowest BCUT2D eigenvalue weighted by atomic mass is 10.1. The van der Waals surface area contributed by atoms with Gasteiger partial charge < -0.3 is 10.0 Å². The molecule has 5 heteroatoms. The van der Waals surface area contributed by atoms with Crippen molar-refractivity contribution in [2.24, 2.45) is 0 Å². The molecule has 0 aliphatic rings. The standard InChI is InChI=1S/C16H15ClINO2/c1-3-19(15-9-12(20)6-4-10(15)2)16(21)11-5-7-14(18)13(17)8-11/h4-9,20H,3H2,1-2H3. The summed E-state index contributed by atoms with van der Waals surface area (Å²) < 4.78 is 0.905. The first kappa shape index (κ1) is 16.1. The number of benzene rings is 2. The van der Waals surface area contributed by atoms with Crippen molar-refractivity contribution in [3.8, 4) is 5.75 Å². The summed E-state index contributed by atoms with van der Waals surface area (Å²) in [6.07, 6.45) is 0. The zero-order valence-corrected chi connectivity index (χ0v) is 14.6. The van der Waals surface area contributed by atoms with Crippen LogP contribution in [0.3, 0.4) is 0 Å². The van der Waals surface area contributed by atoms with Crippen LogP contribution in [0.2, 0.25) is 5.02 Å². The van der Waals surface area contributed by atoms with Gasteiger partial charge in [0.05, 0.1) is 10.7 Å². The lowest BCUT2D eigenvalue weighted by Crippen LogP contribution is -2.31. The van der Waals surface area contributed by atoms with E-state index in [9.17, 15) is 9.90 Å². The van der Waals surface area contributed by atoms with Gasteiger partial charge in [0, 0.05) is 21.7 Å². The van der Waals surface area contributed by atoms with E-state index in [0.29, 0.717) is 22.8 Å². The number of rotatable bonds is 3. The number of phenolic OH excluding ortho intramolecular Hbond substituents is 1. The molecule has 110 valence electrons. The SMILES string of the molecule is CCN(C(=O)c1ccc(I)c(Cl)c1)c1cc(O)ccc1C. The average Bonchev–Trinajstić information content (AvgIpc) is 2.46. The third-order valence-corrected chi connectivity index (χ3v) is 4.78. The van der Waals surface area contributed by atoms with Crippen LogP contribution in [0.4, 0.5) is 5.69 Å². The van der Waals surface area contributed by atoms with Crippen LogP contribution in [0.25, 0.3) is 0 Å². The van der Waals surface area contributed by atoms with Crippen molar-refractivity contribution in [3.63, 3.8) is 0 Å². The normalized spacial score (nSPS) is 10.5. The minimum absolute atomic E-state index is 0.135. The van der Waals surface area contributed by atoms with Gasteiger partial charge in [0.15, 0.2) is 0 Å². The van der Waals surface area contributed by atoms with Crippen molar-refractivity contribution in [2.45, 2.75) is 13.8 Å². The van der Waals surface area contributed by atoms with Crippen LogP contribution < -0.4 is 4.90 Å². The second-order valence-electron chi connectivity index (χ2n) is 4.65. The Morgan fingerprint density at radius 3 is 2.62 bits per heavy atom. The molecule has 0 saturated carbocycles. The fourth-order valence-electron chi connectivity index (χ4n) is 2.10. The molecule has 1 amide bonds. The third-order valence-electron chi connectivity index (χ3n) is 3.21. The largest absolute Gasteiger partial charge is 0.508 e. The number of anilines is 1. The Morgan fingerprint density at radius 1 is 1.29 bits per heavy atom. The molecule has 21 heavy (non-hydrogen) atoms. The molecule has 0 saturated heterocycles. The molecule has 2 aromatic carbocycles. The molecule has 0 bridgehead atoms. The maximum atomic E-state index is 12.7. The number of nitrogens with zero attached hydrogens (tertiary/aromatic N) is 1. The molecule has 0 fully saturated rings. The zero-order chi connectivity index (χ0) is 15.6. The first-order valence-electron chi connectivity index (χ1n) is 6.50. The van der Waals surface area contributed by atoms with Gasteiger partial charge in [-0.25, -0.2) is 0 Å². The van der Waals surface area contributed by atoms with E-state index < -0.39 is 0 Å². The predicted octanol–water partition coefficient (Wildman–Crippen LogP) is 4.63. The Labute approximate surface area is 142 Å². The molecule has 0 unspecified atom stereocenters. The number of carbonyl (C=O) groups is 1. The van der Waals surface area contributed by atoms with Gasteiger partial charge in [-0.2, -0.15) is 0 Å². The number of hydrogen-bond donors (Lipinski definition) is 1. The second-order valence-corrected chi connectivity index (χ2v) is 6.22. The number of halogens is 2. The van der Waals surface area contributed by atoms with Gasteiger partial charge in [0.25, 0.3) is 5.91 Å². The Balaban J connectivity index is 2.43. The molecule has 1 N–H and O–H groups in total. The number of aryl methyl sites for hydroxylation is 1. The number of carbonyl (C=O) groups excluding carboxylic acids is 1. The number of amides is 1. The molecule has 0 heterocycles. The van der Waals surface area contributed by atoms with Gasteiger partial charge >= 0.3 is 0 Å². The molecule has 0 spiro atoms. The molecule has 0 atom stereocenters. The maximum absolute atomic E-state index is 12.7. The van der Waals surface area contributed by atoms with Crippen molar-refractivity contribution in [3.05, 3.63) is 56.1 Å². The highest BCUT2D eigenvalue weighted by Crippen LogP contribution is 2.27. The monoisotopic (exact) mass is 415 g/mol. The van der Waals surface area contributed by atoms with E-state index in [1.165, 1.54) is 0 Å². The fraction of sp³-hybridized carbons (Fsp3) is 0.188. The molecular formula is C16H15ClINO2. The summed E-state index contributed by atoms with van der Waals surface area (Å²) in [4.78, 5) is 14.3. The Bertz CT molecular complexity index is 688. The molecule has 0 aliphatic carbocycles. The quantitative estimate of drug-likeness (QED) is 0.743. The van der Waals surface area contributed by atoms with E-state index in [2.05, 4.69) is 22.6 Å². The maximum Gasteiger partial charge on any atom is 0.258 e. The highest BCUT2D eigenvalue weighted by atomic mass is 127. The van der Waals surface area contributed by atoms with Gasteiger partial charge in [-0.1, -0.05) is 17.7 Å². The zero-order valence-electron chi connectivity index (χ0n) is 11.7. The van der Waals surface area contributed by atoms with E-state index in [1.807, 2.05) is 19.9 Å². The third kappa shape index (κ3) is 3.49. The van der Waals surface area contributed by atoms with Crippen LogP contribution in [0, 0.1) is 10.5 Å². The predicted molar refractivity (Wildman–Crippen MR) is 94.4 cm³/mol. The van der Waals surface area contributed by atoms with Crippen molar-refractivity contribution in [1.82, 2.24) is 0 Å². The van der Waals surface area contributed by atoms with Crippen molar-refractivity contribution in [1.29, 1.82) is 0 Å². The molecule has 2 aromatic rings. The summed E-state index contributed by atoms with van der Waals surface area (Å²) in [5.41, 5.74) is 2.17. The summed E-state index contributed by atoms with van der Waals surface area (Å²) >= 11 is 8.21. The smallest absolute Gasteiger partial charge is 0.258 e. The Hall–Kier alpha value is -1.27. The molecule has 0 aromatic heterocycles. The Kier molecular flexibility index (Phi) is 5.11. The van der Waals surface area contributed by atoms with E-state index in [4.69, 9.17) is 11.6 Å². The van der Waals surface area contributed by atoms with Crippen molar-refractivity contribution in [2.75, 3.05) is 11.4 Å². The molecular weight excluding hydrogens is 401 g/mol. The summed E-state index contributed by atoms with van der Waals surface area (Å²) in [5.74, 6) is 0.00647. The molecule has 3 nitrogen and oxygen atoms in total.